The molecule has 6 heteroatoms. The van der Waals surface area contributed by atoms with E-state index >= 15 is 0 Å². The highest BCUT2D eigenvalue weighted by molar-refractivity contribution is 5.78. The maximum atomic E-state index is 10.6. The van der Waals surface area contributed by atoms with Crippen LogP contribution in [0.15, 0.2) is 0 Å². The van der Waals surface area contributed by atoms with Crippen molar-refractivity contribution in [2.24, 2.45) is 0 Å². The van der Waals surface area contributed by atoms with Crippen LogP contribution in [-0.2, 0) is 4.79 Å². The SMILES string of the molecule is CN1CC(O)C(O)C1.CN1CC(O)CC1=O. The monoisotopic (exact) mass is 232 g/mol. The van der Waals surface area contributed by atoms with E-state index in [1.807, 2.05) is 11.9 Å². The van der Waals surface area contributed by atoms with Gasteiger partial charge in [-0.3, -0.25) is 4.79 Å². The van der Waals surface area contributed by atoms with Gasteiger partial charge in [0.1, 0.15) is 0 Å². The van der Waals surface area contributed by atoms with Gasteiger partial charge < -0.3 is 25.1 Å². The average molecular weight is 232 g/mol. The van der Waals surface area contributed by atoms with Gasteiger partial charge in [-0.1, -0.05) is 0 Å². The number of aliphatic hydroxyl groups is 3. The summed E-state index contributed by atoms with van der Waals surface area (Å²) < 4.78 is 0. The van der Waals surface area contributed by atoms with E-state index in [1.165, 1.54) is 4.90 Å². The van der Waals surface area contributed by atoms with E-state index < -0.39 is 18.3 Å². The molecule has 1 amide bonds. The molecule has 0 bridgehead atoms. The van der Waals surface area contributed by atoms with E-state index in [-0.39, 0.29) is 5.91 Å². The number of likely N-dealkylation sites (N-methyl/N-ethyl adjacent to an activating group) is 2. The first kappa shape index (κ1) is 13.4. The third-order valence-electron chi connectivity index (χ3n) is 2.76. The molecule has 3 atom stereocenters. The Hall–Kier alpha value is -0.690. The number of β-amino-alcohol motifs (C(OH)–C–C–N with tert-alkyl or cyclic N) is 3. The highest BCUT2D eigenvalue weighted by atomic mass is 16.3. The van der Waals surface area contributed by atoms with Gasteiger partial charge in [-0.05, 0) is 7.05 Å². The van der Waals surface area contributed by atoms with Crippen LogP contribution in [0.4, 0.5) is 0 Å². The fourth-order valence-electron chi connectivity index (χ4n) is 1.80. The Morgan fingerprint density at radius 1 is 1.06 bits per heavy atom. The summed E-state index contributed by atoms with van der Waals surface area (Å²) in [5.74, 6) is 0.0394. The molecule has 2 aliphatic rings. The van der Waals surface area contributed by atoms with Crippen molar-refractivity contribution in [3.63, 3.8) is 0 Å². The highest BCUT2D eigenvalue weighted by Crippen LogP contribution is 2.06. The topological polar surface area (TPSA) is 84.2 Å². The van der Waals surface area contributed by atoms with E-state index in [1.54, 1.807) is 7.05 Å². The zero-order valence-electron chi connectivity index (χ0n) is 9.70. The zero-order valence-corrected chi connectivity index (χ0v) is 9.70. The molecular formula is C10H20N2O4. The summed E-state index contributed by atoms with van der Waals surface area (Å²) in [6, 6.07) is 0. The van der Waals surface area contributed by atoms with Gasteiger partial charge in [0.15, 0.2) is 0 Å². The molecule has 0 aliphatic carbocycles. The first-order valence-corrected chi connectivity index (χ1v) is 5.37. The number of hydrogen-bond acceptors (Lipinski definition) is 5. The second kappa shape index (κ2) is 5.58. The van der Waals surface area contributed by atoms with E-state index in [0.29, 0.717) is 26.1 Å². The standard InChI is InChI=1S/C5H11NO2.C5H9NO2/c1-6-2-4(7)5(8)3-6;1-6-3-4(7)2-5(6)8/h4-5,7-8H,2-3H2,1H3;4,7H,2-3H2,1H3. The van der Waals surface area contributed by atoms with E-state index in [4.69, 9.17) is 15.3 Å². The van der Waals surface area contributed by atoms with Crippen molar-refractivity contribution in [2.45, 2.75) is 24.7 Å². The third-order valence-corrected chi connectivity index (χ3v) is 2.76. The minimum Gasteiger partial charge on any atom is -0.391 e. The minimum atomic E-state index is -0.528. The number of carbonyl (C=O) groups excluding carboxylic acids is 1. The van der Waals surface area contributed by atoms with Crippen LogP contribution in [0.5, 0.6) is 0 Å². The third kappa shape index (κ3) is 3.71. The number of nitrogens with zero attached hydrogens (tertiary/aromatic N) is 2. The summed E-state index contributed by atoms with van der Waals surface area (Å²) in [5.41, 5.74) is 0. The van der Waals surface area contributed by atoms with Gasteiger partial charge in [-0.25, -0.2) is 0 Å². The summed E-state index contributed by atoms with van der Waals surface area (Å²) in [6.45, 7) is 1.70. The lowest BCUT2D eigenvalue weighted by Gasteiger charge is -2.04. The number of hydrogen-bond donors (Lipinski definition) is 3. The minimum absolute atomic E-state index is 0.0394. The molecule has 94 valence electrons. The normalized spacial score (nSPS) is 35.2. The molecule has 0 radical (unpaired) electrons. The Balaban J connectivity index is 0.000000160. The van der Waals surface area contributed by atoms with Gasteiger partial charge >= 0.3 is 0 Å². The van der Waals surface area contributed by atoms with Crippen LogP contribution in [0, 0.1) is 0 Å². The lowest BCUT2D eigenvalue weighted by molar-refractivity contribution is -0.126. The molecule has 2 aliphatic heterocycles. The van der Waals surface area contributed by atoms with Crippen molar-refractivity contribution in [1.29, 1.82) is 0 Å². The maximum absolute atomic E-state index is 10.6. The quantitative estimate of drug-likeness (QED) is 0.444. The van der Waals surface area contributed by atoms with Gasteiger partial charge in [0, 0.05) is 26.7 Å². The van der Waals surface area contributed by atoms with Crippen molar-refractivity contribution in [1.82, 2.24) is 9.80 Å². The van der Waals surface area contributed by atoms with Crippen LogP contribution >= 0.6 is 0 Å². The molecule has 0 saturated carbocycles. The summed E-state index contributed by atoms with van der Waals surface area (Å²) in [4.78, 5) is 14.0. The highest BCUT2D eigenvalue weighted by Gasteiger charge is 2.26. The van der Waals surface area contributed by atoms with E-state index in [2.05, 4.69) is 0 Å². The fourth-order valence-corrected chi connectivity index (χ4v) is 1.80. The average Bonchev–Trinajstić information content (AvgIpc) is 2.58. The molecule has 2 fully saturated rings. The second-order valence-electron chi connectivity index (χ2n) is 4.49. The van der Waals surface area contributed by atoms with Crippen molar-refractivity contribution < 1.29 is 20.1 Å². The number of rotatable bonds is 0. The van der Waals surface area contributed by atoms with Crippen molar-refractivity contribution in [2.75, 3.05) is 33.7 Å². The zero-order chi connectivity index (χ0) is 12.3. The molecule has 6 nitrogen and oxygen atoms in total. The number of likely N-dealkylation sites (tertiary alicyclic amines) is 2. The van der Waals surface area contributed by atoms with Crippen LogP contribution in [0.2, 0.25) is 0 Å². The summed E-state index contributed by atoms with van der Waals surface area (Å²) in [7, 11) is 3.57. The number of carbonyl (C=O) groups is 1. The molecule has 0 aromatic heterocycles. The van der Waals surface area contributed by atoms with Crippen molar-refractivity contribution >= 4 is 5.91 Å². The van der Waals surface area contributed by atoms with Gasteiger partial charge in [-0.2, -0.15) is 0 Å². The first-order valence-electron chi connectivity index (χ1n) is 5.37. The Morgan fingerprint density at radius 3 is 1.69 bits per heavy atom. The number of aliphatic hydroxyl groups excluding tert-OH is 3. The van der Waals surface area contributed by atoms with Crippen LogP contribution in [-0.4, -0.2) is 83.1 Å². The predicted octanol–water partition coefficient (Wildman–Crippen LogP) is -2.14. The lowest BCUT2D eigenvalue weighted by atomic mass is 10.3. The van der Waals surface area contributed by atoms with Gasteiger partial charge in [-0.15, -0.1) is 0 Å². The molecule has 2 saturated heterocycles. The molecule has 2 rings (SSSR count). The molecular weight excluding hydrogens is 212 g/mol. The Bertz CT molecular complexity index is 239. The van der Waals surface area contributed by atoms with Crippen LogP contribution in [0.1, 0.15) is 6.42 Å². The van der Waals surface area contributed by atoms with Crippen molar-refractivity contribution in [3.8, 4) is 0 Å². The molecule has 3 unspecified atom stereocenters. The molecule has 0 aromatic carbocycles. The van der Waals surface area contributed by atoms with Gasteiger partial charge in [0.25, 0.3) is 0 Å². The molecule has 0 aromatic rings. The number of amides is 1. The Labute approximate surface area is 95.1 Å². The second-order valence-corrected chi connectivity index (χ2v) is 4.49. The fraction of sp³-hybridized carbons (Fsp3) is 0.900. The summed E-state index contributed by atoms with van der Waals surface area (Å²) in [6.07, 6.45) is -1.18. The molecule has 2 heterocycles. The Kier molecular flexibility index (Phi) is 4.67. The predicted molar refractivity (Wildman–Crippen MR) is 57.8 cm³/mol. The smallest absolute Gasteiger partial charge is 0.225 e. The van der Waals surface area contributed by atoms with Crippen LogP contribution in [0.3, 0.4) is 0 Å². The lowest BCUT2D eigenvalue weighted by Crippen LogP contribution is -2.22. The van der Waals surface area contributed by atoms with Crippen LogP contribution in [0.25, 0.3) is 0 Å². The van der Waals surface area contributed by atoms with Crippen LogP contribution < -0.4 is 0 Å². The van der Waals surface area contributed by atoms with E-state index in [0.717, 1.165) is 0 Å². The molecule has 0 spiro atoms. The van der Waals surface area contributed by atoms with Gasteiger partial charge in [0.2, 0.25) is 5.91 Å². The molecule has 16 heavy (non-hydrogen) atoms. The molecule has 3 N–H and O–H groups in total. The maximum Gasteiger partial charge on any atom is 0.225 e. The summed E-state index contributed by atoms with van der Waals surface area (Å²) in [5, 5.41) is 26.6. The van der Waals surface area contributed by atoms with Crippen molar-refractivity contribution in [3.05, 3.63) is 0 Å². The summed E-state index contributed by atoms with van der Waals surface area (Å²) >= 11 is 0. The van der Waals surface area contributed by atoms with E-state index in [9.17, 15) is 4.79 Å². The Morgan fingerprint density at radius 2 is 1.56 bits per heavy atom. The van der Waals surface area contributed by atoms with Gasteiger partial charge in [0.05, 0.1) is 24.7 Å². The first-order chi connectivity index (χ1) is 7.40. The largest absolute Gasteiger partial charge is 0.391 e.